The number of hydrogen-bond donors (Lipinski definition) is 1. The van der Waals surface area contributed by atoms with E-state index in [4.69, 9.17) is 5.73 Å². The first kappa shape index (κ1) is 11.4. The Bertz CT molecular complexity index is 207. The van der Waals surface area contributed by atoms with Crippen LogP contribution in [0, 0.1) is 5.41 Å². The molecule has 0 amide bonds. The van der Waals surface area contributed by atoms with E-state index in [-0.39, 0.29) is 0 Å². The third kappa shape index (κ3) is 2.21. The van der Waals surface area contributed by atoms with E-state index < -0.39 is 0 Å². The lowest BCUT2D eigenvalue weighted by Crippen LogP contribution is -2.42. The van der Waals surface area contributed by atoms with E-state index in [0.29, 0.717) is 11.5 Å². The standard InChI is InChI=1S/C13H26N2/c1-3-5-11(4-2)15-8-6-13(7-9-15)10-12(13)14/h11-12H,3-10,14H2,1-2H3/t11?,12-/m0/s1. The Morgan fingerprint density at radius 2 is 1.93 bits per heavy atom. The lowest BCUT2D eigenvalue weighted by Gasteiger charge is -2.37. The van der Waals surface area contributed by atoms with Crippen LogP contribution >= 0.6 is 0 Å². The second kappa shape index (κ2) is 4.42. The fourth-order valence-corrected chi connectivity index (χ4v) is 3.27. The van der Waals surface area contributed by atoms with Gasteiger partial charge in [0.2, 0.25) is 0 Å². The third-order valence-corrected chi connectivity index (χ3v) is 4.66. The summed E-state index contributed by atoms with van der Waals surface area (Å²) in [4.78, 5) is 2.71. The summed E-state index contributed by atoms with van der Waals surface area (Å²) in [5, 5.41) is 0. The van der Waals surface area contributed by atoms with Gasteiger partial charge in [-0.2, -0.15) is 0 Å². The number of likely N-dealkylation sites (tertiary alicyclic amines) is 1. The fourth-order valence-electron chi connectivity index (χ4n) is 3.27. The summed E-state index contributed by atoms with van der Waals surface area (Å²) >= 11 is 0. The van der Waals surface area contributed by atoms with E-state index in [0.717, 1.165) is 6.04 Å². The fraction of sp³-hybridized carbons (Fsp3) is 1.00. The Labute approximate surface area is 94.2 Å². The van der Waals surface area contributed by atoms with E-state index in [2.05, 4.69) is 18.7 Å². The number of nitrogens with two attached hydrogens (primary N) is 1. The predicted molar refractivity (Wildman–Crippen MR) is 64.8 cm³/mol. The highest BCUT2D eigenvalue weighted by atomic mass is 15.2. The second-order valence-electron chi connectivity index (χ2n) is 5.56. The molecular weight excluding hydrogens is 184 g/mol. The lowest BCUT2D eigenvalue weighted by molar-refractivity contribution is 0.112. The molecule has 1 spiro atoms. The summed E-state index contributed by atoms with van der Waals surface area (Å²) in [6, 6.07) is 1.37. The maximum atomic E-state index is 6.03. The monoisotopic (exact) mass is 210 g/mol. The van der Waals surface area contributed by atoms with Crippen LogP contribution in [-0.2, 0) is 0 Å². The second-order valence-corrected chi connectivity index (χ2v) is 5.56. The lowest BCUT2D eigenvalue weighted by atomic mass is 9.91. The molecule has 2 fully saturated rings. The van der Waals surface area contributed by atoms with Gasteiger partial charge in [0.15, 0.2) is 0 Å². The van der Waals surface area contributed by atoms with Crippen molar-refractivity contribution in [2.75, 3.05) is 13.1 Å². The average molecular weight is 210 g/mol. The summed E-state index contributed by atoms with van der Waals surface area (Å²) in [6.45, 7) is 7.22. The highest BCUT2D eigenvalue weighted by Crippen LogP contribution is 2.52. The maximum Gasteiger partial charge on any atom is 0.0103 e. The van der Waals surface area contributed by atoms with Crippen molar-refractivity contribution in [1.82, 2.24) is 4.90 Å². The molecule has 2 rings (SSSR count). The van der Waals surface area contributed by atoms with Gasteiger partial charge in [-0.25, -0.2) is 0 Å². The van der Waals surface area contributed by atoms with Gasteiger partial charge in [-0.15, -0.1) is 0 Å². The molecule has 2 aliphatic rings. The zero-order valence-corrected chi connectivity index (χ0v) is 10.3. The summed E-state index contributed by atoms with van der Waals surface area (Å²) in [5.41, 5.74) is 6.61. The molecule has 88 valence electrons. The van der Waals surface area contributed by atoms with Crippen LogP contribution in [0.2, 0.25) is 0 Å². The van der Waals surface area contributed by atoms with Gasteiger partial charge in [0.1, 0.15) is 0 Å². The molecule has 2 N–H and O–H groups in total. The van der Waals surface area contributed by atoms with Crippen molar-refractivity contribution in [2.45, 2.75) is 64.5 Å². The highest BCUT2D eigenvalue weighted by Gasteiger charge is 2.52. The van der Waals surface area contributed by atoms with E-state index >= 15 is 0 Å². The van der Waals surface area contributed by atoms with Crippen molar-refractivity contribution in [3.63, 3.8) is 0 Å². The summed E-state index contributed by atoms with van der Waals surface area (Å²) < 4.78 is 0. The molecular formula is C13H26N2. The van der Waals surface area contributed by atoms with Gasteiger partial charge in [-0.05, 0) is 50.6 Å². The van der Waals surface area contributed by atoms with E-state index in [1.54, 1.807) is 0 Å². The van der Waals surface area contributed by atoms with Crippen molar-refractivity contribution >= 4 is 0 Å². The Kier molecular flexibility index (Phi) is 3.36. The van der Waals surface area contributed by atoms with E-state index in [9.17, 15) is 0 Å². The molecule has 2 nitrogen and oxygen atoms in total. The van der Waals surface area contributed by atoms with Crippen LogP contribution in [0.25, 0.3) is 0 Å². The largest absolute Gasteiger partial charge is 0.327 e. The van der Waals surface area contributed by atoms with Crippen molar-refractivity contribution in [2.24, 2.45) is 11.1 Å². The van der Waals surface area contributed by atoms with Crippen LogP contribution in [0.4, 0.5) is 0 Å². The van der Waals surface area contributed by atoms with Gasteiger partial charge in [0, 0.05) is 12.1 Å². The molecule has 1 saturated heterocycles. The van der Waals surface area contributed by atoms with Gasteiger partial charge in [0.25, 0.3) is 0 Å². The normalized spacial score (nSPS) is 31.8. The molecule has 1 aliphatic heterocycles. The van der Waals surface area contributed by atoms with Crippen molar-refractivity contribution in [3.8, 4) is 0 Å². The first-order chi connectivity index (χ1) is 7.22. The quantitative estimate of drug-likeness (QED) is 0.772. The number of rotatable bonds is 4. The smallest absolute Gasteiger partial charge is 0.0103 e. The van der Waals surface area contributed by atoms with Crippen molar-refractivity contribution in [1.29, 1.82) is 0 Å². The minimum atomic E-state index is 0.533. The van der Waals surface area contributed by atoms with Crippen molar-refractivity contribution in [3.05, 3.63) is 0 Å². The van der Waals surface area contributed by atoms with Gasteiger partial charge in [-0.1, -0.05) is 20.3 Å². The molecule has 2 heteroatoms. The van der Waals surface area contributed by atoms with Gasteiger partial charge >= 0.3 is 0 Å². The zero-order chi connectivity index (χ0) is 10.9. The number of hydrogen-bond acceptors (Lipinski definition) is 2. The average Bonchev–Trinajstić information content (AvgIpc) is 2.87. The van der Waals surface area contributed by atoms with Gasteiger partial charge < -0.3 is 10.6 Å². The molecule has 0 bridgehead atoms. The summed E-state index contributed by atoms with van der Waals surface area (Å²) in [5.74, 6) is 0. The Morgan fingerprint density at radius 1 is 1.33 bits per heavy atom. The summed E-state index contributed by atoms with van der Waals surface area (Å²) in [6.07, 6.45) is 8.01. The first-order valence-corrected chi connectivity index (χ1v) is 6.71. The molecule has 1 unspecified atom stereocenters. The van der Waals surface area contributed by atoms with E-state index in [1.807, 2.05) is 0 Å². The Hall–Kier alpha value is -0.0800. The SMILES string of the molecule is CCCC(CC)N1CCC2(CC1)C[C@@H]2N. The maximum absolute atomic E-state index is 6.03. The summed E-state index contributed by atoms with van der Waals surface area (Å²) in [7, 11) is 0. The molecule has 0 aromatic carbocycles. The first-order valence-electron chi connectivity index (χ1n) is 6.71. The predicted octanol–water partition coefficient (Wildman–Crippen LogP) is 2.38. The van der Waals surface area contributed by atoms with Gasteiger partial charge in [-0.3, -0.25) is 0 Å². The molecule has 0 aromatic rings. The molecule has 0 aromatic heterocycles. The molecule has 0 radical (unpaired) electrons. The Morgan fingerprint density at radius 3 is 2.33 bits per heavy atom. The minimum Gasteiger partial charge on any atom is -0.327 e. The molecule has 2 atom stereocenters. The van der Waals surface area contributed by atoms with Crippen LogP contribution in [-0.4, -0.2) is 30.1 Å². The third-order valence-electron chi connectivity index (χ3n) is 4.66. The van der Waals surface area contributed by atoms with Crippen LogP contribution in [0.3, 0.4) is 0 Å². The van der Waals surface area contributed by atoms with Crippen LogP contribution in [0.5, 0.6) is 0 Å². The number of nitrogens with zero attached hydrogens (tertiary/aromatic N) is 1. The van der Waals surface area contributed by atoms with Crippen LogP contribution in [0.1, 0.15) is 52.4 Å². The highest BCUT2D eigenvalue weighted by molar-refractivity contribution is 5.08. The number of piperidine rings is 1. The molecule has 1 aliphatic carbocycles. The van der Waals surface area contributed by atoms with Crippen LogP contribution < -0.4 is 5.73 Å². The Balaban J connectivity index is 1.81. The zero-order valence-electron chi connectivity index (χ0n) is 10.3. The van der Waals surface area contributed by atoms with Crippen LogP contribution in [0.15, 0.2) is 0 Å². The molecule has 1 heterocycles. The molecule has 1 saturated carbocycles. The van der Waals surface area contributed by atoms with Crippen molar-refractivity contribution < 1.29 is 0 Å². The van der Waals surface area contributed by atoms with Gasteiger partial charge in [0.05, 0.1) is 0 Å². The minimum absolute atomic E-state index is 0.533. The topological polar surface area (TPSA) is 29.3 Å². The van der Waals surface area contributed by atoms with E-state index in [1.165, 1.54) is 51.6 Å². The molecule has 15 heavy (non-hydrogen) atoms.